The first-order valence-electron chi connectivity index (χ1n) is 5.20. The van der Waals surface area contributed by atoms with E-state index in [9.17, 15) is 5.11 Å². The Bertz CT molecular complexity index is 347. The lowest BCUT2D eigenvalue weighted by Gasteiger charge is -2.19. The molecule has 0 aliphatic carbocycles. The van der Waals surface area contributed by atoms with E-state index in [4.69, 9.17) is 4.74 Å². The van der Waals surface area contributed by atoms with Crippen LogP contribution in [0, 0.1) is 0 Å². The first-order chi connectivity index (χ1) is 7.42. The highest BCUT2D eigenvalue weighted by molar-refractivity contribution is 9.10. The number of rotatable bonds is 5. The molecule has 0 bridgehead atoms. The number of hydrogen-bond donors (Lipinski definition) is 2. The maximum Gasteiger partial charge on any atom is 0.124 e. The summed E-state index contributed by atoms with van der Waals surface area (Å²) < 4.78 is 6.62. The number of nitrogens with one attached hydrogen (secondary N) is 1. The molecule has 0 amide bonds. The van der Waals surface area contributed by atoms with E-state index in [1.165, 1.54) is 0 Å². The van der Waals surface area contributed by atoms with E-state index in [-0.39, 0.29) is 6.61 Å². The van der Waals surface area contributed by atoms with Gasteiger partial charge in [0.1, 0.15) is 12.4 Å². The van der Waals surface area contributed by atoms with Gasteiger partial charge in [-0.05, 0) is 39.1 Å². The Hall–Kier alpha value is -0.580. The summed E-state index contributed by atoms with van der Waals surface area (Å²) in [6.45, 7) is 4.47. The third-order valence-corrected chi connectivity index (χ3v) is 2.46. The van der Waals surface area contributed by atoms with Crippen LogP contribution in [0.4, 0.5) is 0 Å². The van der Waals surface area contributed by atoms with Crippen molar-refractivity contribution in [2.45, 2.75) is 26.0 Å². The van der Waals surface area contributed by atoms with Crippen molar-refractivity contribution in [3.63, 3.8) is 0 Å². The molecular weight excluding hydrogens is 270 g/mol. The van der Waals surface area contributed by atoms with Crippen molar-refractivity contribution in [2.24, 2.45) is 0 Å². The quantitative estimate of drug-likeness (QED) is 0.873. The van der Waals surface area contributed by atoms with Gasteiger partial charge in [-0.15, -0.1) is 0 Å². The van der Waals surface area contributed by atoms with Crippen molar-refractivity contribution in [3.8, 4) is 5.75 Å². The summed E-state index contributed by atoms with van der Waals surface area (Å²) in [5, 5.41) is 12.7. The Labute approximate surface area is 105 Å². The number of benzene rings is 1. The molecule has 4 heteroatoms. The summed E-state index contributed by atoms with van der Waals surface area (Å²) in [7, 11) is 1.89. The van der Waals surface area contributed by atoms with E-state index in [0.29, 0.717) is 0 Å². The van der Waals surface area contributed by atoms with Crippen LogP contribution in [0.15, 0.2) is 22.7 Å². The lowest BCUT2D eigenvalue weighted by atomic mass is 10.1. The van der Waals surface area contributed by atoms with Crippen LogP contribution < -0.4 is 10.1 Å². The molecule has 0 atom stereocenters. The molecule has 1 aromatic rings. The summed E-state index contributed by atoms with van der Waals surface area (Å²) in [5.41, 5.74) is 0.255. The third-order valence-electron chi connectivity index (χ3n) is 1.97. The predicted octanol–water partition coefficient (Wildman–Crippen LogP) is 2.32. The van der Waals surface area contributed by atoms with Crippen LogP contribution >= 0.6 is 15.9 Å². The second kappa shape index (κ2) is 5.66. The Balaban J connectivity index is 2.78. The van der Waals surface area contributed by atoms with Crippen molar-refractivity contribution in [2.75, 3.05) is 13.7 Å². The van der Waals surface area contributed by atoms with Gasteiger partial charge in [-0.1, -0.05) is 15.9 Å². The van der Waals surface area contributed by atoms with Crippen LogP contribution in [0.5, 0.6) is 5.75 Å². The first kappa shape index (κ1) is 13.5. The van der Waals surface area contributed by atoms with Gasteiger partial charge in [0.15, 0.2) is 0 Å². The molecular formula is C12H18BrNO2. The summed E-state index contributed by atoms with van der Waals surface area (Å²) in [6, 6.07) is 5.84. The van der Waals surface area contributed by atoms with Gasteiger partial charge in [0, 0.05) is 16.6 Å². The lowest BCUT2D eigenvalue weighted by Crippen LogP contribution is -2.28. The van der Waals surface area contributed by atoms with Crippen molar-refractivity contribution in [1.29, 1.82) is 0 Å². The lowest BCUT2D eigenvalue weighted by molar-refractivity contribution is 0.0281. The highest BCUT2D eigenvalue weighted by Crippen LogP contribution is 2.23. The van der Waals surface area contributed by atoms with E-state index in [1.807, 2.05) is 25.2 Å². The van der Waals surface area contributed by atoms with Crippen molar-refractivity contribution in [1.82, 2.24) is 5.32 Å². The molecule has 0 heterocycles. The minimum atomic E-state index is -0.815. The summed E-state index contributed by atoms with van der Waals surface area (Å²) >= 11 is 3.42. The standard InChI is InChI=1S/C12H18BrNO2/c1-12(2,15)8-16-11-5-4-10(13)6-9(11)7-14-3/h4-6,14-15H,7-8H2,1-3H3. The van der Waals surface area contributed by atoms with Crippen LogP contribution in [0.2, 0.25) is 0 Å². The van der Waals surface area contributed by atoms with Crippen molar-refractivity contribution in [3.05, 3.63) is 28.2 Å². The smallest absolute Gasteiger partial charge is 0.124 e. The topological polar surface area (TPSA) is 41.5 Å². The average molecular weight is 288 g/mol. The third kappa shape index (κ3) is 4.51. The minimum Gasteiger partial charge on any atom is -0.490 e. The molecule has 16 heavy (non-hydrogen) atoms. The van der Waals surface area contributed by atoms with Crippen LogP contribution in [0.3, 0.4) is 0 Å². The molecule has 0 unspecified atom stereocenters. The van der Waals surface area contributed by atoms with Gasteiger partial charge in [-0.2, -0.15) is 0 Å². The van der Waals surface area contributed by atoms with E-state index >= 15 is 0 Å². The highest BCUT2D eigenvalue weighted by Gasteiger charge is 2.14. The summed E-state index contributed by atoms with van der Waals surface area (Å²) in [5.74, 6) is 0.805. The SMILES string of the molecule is CNCc1cc(Br)ccc1OCC(C)(C)O. The molecule has 0 saturated heterocycles. The first-order valence-corrected chi connectivity index (χ1v) is 6.00. The molecule has 0 aliphatic heterocycles. The van der Waals surface area contributed by atoms with Crippen molar-refractivity contribution >= 4 is 15.9 Å². The number of ether oxygens (including phenoxy) is 1. The molecule has 0 saturated carbocycles. The molecule has 2 N–H and O–H groups in total. The molecule has 3 nitrogen and oxygen atoms in total. The minimum absolute atomic E-state index is 0.283. The van der Waals surface area contributed by atoms with E-state index < -0.39 is 5.60 Å². The Kier molecular flexibility index (Phi) is 4.77. The van der Waals surface area contributed by atoms with Gasteiger partial charge in [0.05, 0.1) is 5.60 Å². The average Bonchev–Trinajstić information content (AvgIpc) is 2.15. The van der Waals surface area contributed by atoms with E-state index in [1.54, 1.807) is 13.8 Å². The van der Waals surface area contributed by atoms with Crippen LogP contribution in [-0.2, 0) is 6.54 Å². The van der Waals surface area contributed by atoms with Gasteiger partial charge >= 0.3 is 0 Å². The van der Waals surface area contributed by atoms with Gasteiger partial charge in [0.25, 0.3) is 0 Å². The zero-order chi connectivity index (χ0) is 12.2. The Morgan fingerprint density at radius 2 is 2.12 bits per heavy atom. The Morgan fingerprint density at radius 1 is 1.44 bits per heavy atom. The molecule has 1 rings (SSSR count). The van der Waals surface area contributed by atoms with E-state index in [2.05, 4.69) is 21.2 Å². The molecule has 90 valence electrons. The fraction of sp³-hybridized carbons (Fsp3) is 0.500. The molecule has 0 fully saturated rings. The molecule has 0 aromatic heterocycles. The van der Waals surface area contributed by atoms with Gasteiger partial charge in [0.2, 0.25) is 0 Å². The monoisotopic (exact) mass is 287 g/mol. The molecule has 0 radical (unpaired) electrons. The van der Waals surface area contributed by atoms with Gasteiger partial charge in [-0.3, -0.25) is 0 Å². The maximum absolute atomic E-state index is 9.60. The van der Waals surface area contributed by atoms with E-state index in [0.717, 1.165) is 22.3 Å². The number of halogens is 1. The van der Waals surface area contributed by atoms with Crippen LogP contribution in [0.25, 0.3) is 0 Å². The summed E-state index contributed by atoms with van der Waals surface area (Å²) in [6.07, 6.45) is 0. The highest BCUT2D eigenvalue weighted by atomic mass is 79.9. The fourth-order valence-electron chi connectivity index (χ4n) is 1.27. The molecule has 0 aliphatic rings. The predicted molar refractivity (Wildman–Crippen MR) is 68.7 cm³/mol. The Morgan fingerprint density at radius 3 is 2.69 bits per heavy atom. The van der Waals surface area contributed by atoms with Crippen LogP contribution in [0.1, 0.15) is 19.4 Å². The zero-order valence-corrected chi connectivity index (χ0v) is 11.5. The van der Waals surface area contributed by atoms with Gasteiger partial charge in [-0.25, -0.2) is 0 Å². The number of hydrogen-bond acceptors (Lipinski definition) is 3. The fourth-order valence-corrected chi connectivity index (χ4v) is 1.68. The largest absolute Gasteiger partial charge is 0.490 e. The summed E-state index contributed by atoms with van der Waals surface area (Å²) in [4.78, 5) is 0. The van der Waals surface area contributed by atoms with Crippen molar-refractivity contribution < 1.29 is 9.84 Å². The molecule has 0 spiro atoms. The maximum atomic E-state index is 9.60. The normalized spacial score (nSPS) is 11.6. The zero-order valence-electron chi connectivity index (χ0n) is 9.88. The molecule has 1 aromatic carbocycles. The second-order valence-electron chi connectivity index (χ2n) is 4.38. The van der Waals surface area contributed by atoms with Crippen LogP contribution in [-0.4, -0.2) is 24.4 Å². The van der Waals surface area contributed by atoms with Gasteiger partial charge < -0.3 is 15.2 Å². The second-order valence-corrected chi connectivity index (χ2v) is 5.30. The number of aliphatic hydroxyl groups is 1.